The Labute approximate surface area is 299 Å². The summed E-state index contributed by atoms with van der Waals surface area (Å²) in [6, 6.07) is 2.54. The maximum atomic E-state index is 14.5. The van der Waals surface area contributed by atoms with Crippen molar-refractivity contribution in [3.63, 3.8) is 0 Å². The van der Waals surface area contributed by atoms with Gasteiger partial charge in [-0.3, -0.25) is 9.59 Å². The number of hydrogen-bond donors (Lipinski definition) is 3. The number of carbonyl (C=O) groups is 4. The Hall–Kier alpha value is -4.56. The van der Waals surface area contributed by atoms with E-state index in [9.17, 15) is 37.5 Å². The van der Waals surface area contributed by atoms with Crippen LogP contribution >= 0.6 is 0 Å². The van der Waals surface area contributed by atoms with Gasteiger partial charge in [0, 0.05) is 23.3 Å². The summed E-state index contributed by atoms with van der Waals surface area (Å²) < 4.78 is 59.2. The van der Waals surface area contributed by atoms with E-state index in [4.69, 9.17) is 14.2 Å². The first kappa shape index (κ1) is 37.2. The van der Waals surface area contributed by atoms with Crippen LogP contribution in [0.2, 0.25) is 0 Å². The number of benzene rings is 1. The Morgan fingerprint density at radius 3 is 2.62 bits per heavy atom. The number of halogens is 3. The van der Waals surface area contributed by atoms with Crippen LogP contribution in [0.5, 0.6) is 11.5 Å². The number of nitrogens with zero attached hydrogens (tertiary/aromatic N) is 2. The number of carbonyl (C=O) groups excluding carboxylic acids is 3. The molecule has 3 amide bonds. The average Bonchev–Trinajstić information content (AvgIpc) is 3.63. The number of alkyl carbamates (subject to hydrolysis) is 1. The third-order valence-electron chi connectivity index (χ3n) is 10.3. The molecule has 1 saturated heterocycles. The standard InChI is InChI=1S/C37H45F3N4O8/c1-34(2,3)52-33(49)42-26-11-9-7-5-6-8-10-21-17-36(21,32(47)48)43-30(45)28-19-35(20-44(28)31(26)46)15-14-23-24-16-22(50-4)12-13-25(24)41-27(29(23)51-35)18-37(38,39)40/h8,10,12-13,16,21,26,28H,5-7,9,11,14-15,17-20H2,1-4H3,(H,42,49)(H,43,45)(H,47,48)/b10-8-/t21-,26+,28+,35-,36-/m1/s1. The fourth-order valence-electron chi connectivity index (χ4n) is 7.66. The van der Waals surface area contributed by atoms with Crippen molar-refractivity contribution in [1.82, 2.24) is 20.5 Å². The molecule has 4 heterocycles. The SMILES string of the molecule is COc1ccc2nc(CC(F)(F)F)c3c(c2c1)CC[C@]1(C[C@H]2C(=O)N[C@]4(C(=O)O)C[C@H]4/C=C\CCCCC[C@H](NC(=O)OC(C)(C)C)C(=O)N2C1)O3. The lowest BCUT2D eigenvalue weighted by Gasteiger charge is -2.37. The zero-order valence-corrected chi connectivity index (χ0v) is 29.7. The van der Waals surface area contributed by atoms with E-state index in [1.54, 1.807) is 45.0 Å². The molecule has 5 atom stereocenters. The highest BCUT2D eigenvalue weighted by atomic mass is 19.4. The number of nitrogens with one attached hydrogen (secondary N) is 2. The van der Waals surface area contributed by atoms with E-state index in [0.717, 1.165) is 12.8 Å². The molecule has 6 rings (SSSR count). The average molecular weight is 731 g/mol. The highest BCUT2D eigenvalue weighted by Crippen LogP contribution is 2.48. The van der Waals surface area contributed by atoms with Gasteiger partial charge in [-0.2, -0.15) is 13.2 Å². The summed E-state index contributed by atoms with van der Waals surface area (Å²) in [6.45, 7) is 4.87. The van der Waals surface area contributed by atoms with Crippen LogP contribution in [0, 0.1) is 5.92 Å². The molecule has 15 heteroatoms. The molecule has 3 N–H and O–H groups in total. The number of rotatable bonds is 4. The van der Waals surface area contributed by atoms with E-state index in [-0.39, 0.29) is 50.1 Å². The van der Waals surface area contributed by atoms with Gasteiger partial charge in [0.1, 0.15) is 40.3 Å². The monoisotopic (exact) mass is 730 g/mol. The minimum absolute atomic E-state index is 0.0576. The van der Waals surface area contributed by atoms with Crippen LogP contribution in [0.25, 0.3) is 10.9 Å². The number of aryl methyl sites for hydroxylation is 1. The van der Waals surface area contributed by atoms with Crippen LogP contribution < -0.4 is 20.1 Å². The first-order valence-corrected chi connectivity index (χ1v) is 17.7. The topological polar surface area (TPSA) is 156 Å². The van der Waals surface area contributed by atoms with Crippen LogP contribution in [-0.2, 0) is 32.0 Å². The van der Waals surface area contributed by atoms with Gasteiger partial charge in [0.15, 0.2) is 0 Å². The van der Waals surface area contributed by atoms with Crippen molar-refractivity contribution in [3.8, 4) is 11.5 Å². The molecule has 2 fully saturated rings. The number of aromatic nitrogens is 1. The first-order valence-electron chi connectivity index (χ1n) is 17.7. The Morgan fingerprint density at radius 1 is 1.15 bits per heavy atom. The minimum Gasteiger partial charge on any atom is -0.497 e. The number of ether oxygens (including phenoxy) is 3. The van der Waals surface area contributed by atoms with E-state index >= 15 is 0 Å². The van der Waals surface area contributed by atoms with Gasteiger partial charge in [-0.1, -0.05) is 25.0 Å². The molecule has 1 aliphatic carbocycles. The number of aliphatic carboxylic acids is 1. The second-order valence-corrected chi connectivity index (χ2v) is 15.4. The summed E-state index contributed by atoms with van der Waals surface area (Å²) in [5, 5.41) is 16.2. The highest BCUT2D eigenvalue weighted by Gasteiger charge is 2.62. The van der Waals surface area contributed by atoms with Gasteiger partial charge in [-0.05, 0) is 77.5 Å². The lowest BCUT2D eigenvalue weighted by molar-refractivity contribution is -0.145. The maximum absolute atomic E-state index is 14.5. The predicted molar refractivity (Wildman–Crippen MR) is 182 cm³/mol. The van der Waals surface area contributed by atoms with Gasteiger partial charge in [0.2, 0.25) is 11.8 Å². The fourth-order valence-corrected chi connectivity index (χ4v) is 7.66. The van der Waals surface area contributed by atoms with Crippen molar-refractivity contribution in [2.75, 3.05) is 13.7 Å². The summed E-state index contributed by atoms with van der Waals surface area (Å²) in [5.41, 5.74) is -3.20. The number of carboxylic acid groups (broad SMARTS) is 1. The summed E-state index contributed by atoms with van der Waals surface area (Å²) in [6.07, 6.45) is 0.393. The molecule has 1 aromatic carbocycles. The quantitative estimate of drug-likeness (QED) is 0.352. The summed E-state index contributed by atoms with van der Waals surface area (Å²) >= 11 is 0. The van der Waals surface area contributed by atoms with E-state index in [2.05, 4.69) is 15.6 Å². The highest BCUT2D eigenvalue weighted by molar-refractivity contribution is 5.96. The Bertz CT molecular complexity index is 1790. The molecule has 2 aromatic rings. The van der Waals surface area contributed by atoms with Crippen molar-refractivity contribution in [3.05, 3.63) is 41.6 Å². The minimum atomic E-state index is -4.61. The normalized spacial score (nSPS) is 28.7. The third-order valence-corrected chi connectivity index (χ3v) is 10.3. The smallest absolute Gasteiger partial charge is 0.408 e. The van der Waals surface area contributed by atoms with E-state index in [0.29, 0.717) is 35.1 Å². The molecule has 4 aliphatic rings. The molecule has 0 radical (unpaired) electrons. The molecular weight excluding hydrogens is 685 g/mol. The largest absolute Gasteiger partial charge is 0.497 e. The van der Waals surface area contributed by atoms with Crippen LogP contribution in [-0.4, -0.2) is 87.5 Å². The number of hydrogen-bond acceptors (Lipinski definition) is 8. The van der Waals surface area contributed by atoms with Gasteiger partial charge in [0.05, 0.1) is 31.3 Å². The molecule has 3 aliphatic heterocycles. The van der Waals surface area contributed by atoms with Crippen molar-refractivity contribution in [2.45, 2.75) is 120 Å². The van der Waals surface area contributed by atoms with E-state index in [1.807, 2.05) is 6.08 Å². The predicted octanol–water partition coefficient (Wildman–Crippen LogP) is 5.39. The van der Waals surface area contributed by atoms with Crippen LogP contribution in [0.3, 0.4) is 0 Å². The van der Waals surface area contributed by atoms with Gasteiger partial charge >= 0.3 is 18.2 Å². The number of carboxylic acids is 1. The van der Waals surface area contributed by atoms with Gasteiger partial charge in [-0.15, -0.1) is 0 Å². The molecule has 1 spiro atoms. The van der Waals surface area contributed by atoms with Crippen molar-refractivity contribution in [2.24, 2.45) is 5.92 Å². The molecular formula is C37H45F3N4O8. The summed E-state index contributed by atoms with van der Waals surface area (Å²) in [7, 11) is 1.48. The Kier molecular flexibility index (Phi) is 9.85. The number of alkyl halides is 3. The van der Waals surface area contributed by atoms with Crippen LogP contribution in [0.1, 0.15) is 83.4 Å². The number of amides is 3. The molecule has 0 bridgehead atoms. The Morgan fingerprint density at radius 2 is 1.92 bits per heavy atom. The van der Waals surface area contributed by atoms with E-state index in [1.165, 1.54) is 12.0 Å². The summed E-state index contributed by atoms with van der Waals surface area (Å²) in [5.74, 6) is -2.54. The Balaban J connectivity index is 1.39. The third kappa shape index (κ3) is 7.77. The zero-order valence-electron chi connectivity index (χ0n) is 29.7. The number of pyridine rings is 1. The van der Waals surface area contributed by atoms with Crippen molar-refractivity contribution < 1.29 is 51.7 Å². The molecule has 0 unspecified atom stereocenters. The lowest BCUT2D eigenvalue weighted by atomic mass is 9.86. The van der Waals surface area contributed by atoms with Crippen LogP contribution in [0.4, 0.5) is 18.0 Å². The molecule has 1 aromatic heterocycles. The molecule has 52 heavy (non-hydrogen) atoms. The second-order valence-electron chi connectivity index (χ2n) is 15.4. The van der Waals surface area contributed by atoms with Crippen molar-refractivity contribution in [1.29, 1.82) is 0 Å². The lowest BCUT2D eigenvalue weighted by Crippen LogP contribution is -2.56. The summed E-state index contributed by atoms with van der Waals surface area (Å²) in [4.78, 5) is 59.8. The van der Waals surface area contributed by atoms with E-state index < -0.39 is 71.2 Å². The van der Waals surface area contributed by atoms with Crippen molar-refractivity contribution >= 4 is 34.8 Å². The zero-order chi connectivity index (χ0) is 37.6. The molecule has 282 valence electrons. The molecule has 12 nitrogen and oxygen atoms in total. The van der Waals surface area contributed by atoms with Gasteiger partial charge in [-0.25, -0.2) is 14.6 Å². The maximum Gasteiger partial charge on any atom is 0.408 e. The number of methoxy groups -OCH3 is 1. The molecule has 1 saturated carbocycles. The fraction of sp³-hybridized carbons (Fsp3) is 0.595. The number of fused-ring (bicyclic) bond motifs is 5. The van der Waals surface area contributed by atoms with Gasteiger partial charge < -0.3 is 34.9 Å². The first-order chi connectivity index (χ1) is 24.4. The second kappa shape index (κ2) is 13.8. The number of allylic oxidation sites excluding steroid dienone is 1. The van der Waals surface area contributed by atoms with Crippen LogP contribution in [0.15, 0.2) is 30.4 Å². The van der Waals surface area contributed by atoms with Gasteiger partial charge in [0.25, 0.3) is 0 Å².